The molecule has 0 saturated heterocycles. The third kappa shape index (κ3) is 3.35. The Balaban J connectivity index is 1.91. The van der Waals surface area contributed by atoms with Gasteiger partial charge in [0.15, 0.2) is 0 Å². The molecular weight excluding hydrogens is 370 g/mol. The van der Waals surface area contributed by atoms with Gasteiger partial charge in [-0.3, -0.25) is 4.98 Å². The fraction of sp³-hybridized carbons (Fsp3) is 0.0870. The van der Waals surface area contributed by atoms with E-state index in [1.807, 2.05) is 18.3 Å². The second kappa shape index (κ2) is 7.20. The van der Waals surface area contributed by atoms with Gasteiger partial charge in [-0.25, -0.2) is 0 Å². The lowest BCUT2D eigenvalue weighted by atomic mass is 9.89. The van der Waals surface area contributed by atoms with Crippen LogP contribution >= 0.6 is 15.9 Å². The first-order chi connectivity index (χ1) is 12.3. The third-order valence-corrected chi connectivity index (χ3v) is 5.14. The Labute approximate surface area is 156 Å². The molecule has 0 saturated carbocycles. The van der Waals surface area contributed by atoms with E-state index in [1.54, 1.807) is 0 Å². The summed E-state index contributed by atoms with van der Waals surface area (Å²) in [7, 11) is 0. The molecule has 0 fully saturated rings. The molecule has 1 nitrogen and oxygen atoms in total. The minimum Gasteiger partial charge on any atom is -0.256 e. The lowest BCUT2D eigenvalue weighted by Crippen LogP contribution is -1.93. The molecule has 122 valence electrons. The molecule has 0 aliphatic heterocycles. The number of hydrogen-bond acceptors (Lipinski definition) is 1. The second-order valence-corrected chi connectivity index (χ2v) is 6.95. The van der Waals surface area contributed by atoms with E-state index in [0.717, 1.165) is 28.6 Å². The molecule has 3 aromatic rings. The summed E-state index contributed by atoms with van der Waals surface area (Å²) in [6, 6.07) is 21.1. The van der Waals surface area contributed by atoms with Crippen LogP contribution in [0.2, 0.25) is 0 Å². The normalized spacial score (nSPS) is 13.6. The van der Waals surface area contributed by atoms with Gasteiger partial charge in [-0.15, -0.1) is 0 Å². The van der Waals surface area contributed by atoms with Crippen molar-refractivity contribution < 1.29 is 0 Å². The number of allylic oxidation sites excluding steroid dienone is 4. The fourth-order valence-electron chi connectivity index (χ4n) is 3.20. The molecule has 4 rings (SSSR count). The Bertz CT molecular complexity index is 955. The van der Waals surface area contributed by atoms with Gasteiger partial charge in [-0.05, 0) is 59.4 Å². The molecule has 1 aliphatic carbocycles. The number of hydrogen-bond donors (Lipinski definition) is 0. The molecule has 1 aliphatic rings. The Kier molecular flexibility index (Phi) is 4.62. The van der Waals surface area contributed by atoms with Crippen molar-refractivity contribution in [3.8, 4) is 22.4 Å². The Morgan fingerprint density at radius 1 is 0.800 bits per heavy atom. The highest BCUT2D eigenvalue weighted by Gasteiger charge is 2.13. The second-order valence-electron chi connectivity index (χ2n) is 6.09. The zero-order chi connectivity index (χ0) is 17.1. The molecule has 0 amide bonds. The predicted molar refractivity (Wildman–Crippen MR) is 109 cm³/mol. The van der Waals surface area contributed by atoms with Crippen LogP contribution in [0.15, 0.2) is 89.6 Å². The molecule has 25 heavy (non-hydrogen) atoms. The lowest BCUT2D eigenvalue weighted by molar-refractivity contribution is 1.04. The van der Waals surface area contributed by atoms with Gasteiger partial charge in [0.25, 0.3) is 0 Å². The van der Waals surface area contributed by atoms with Gasteiger partial charge in [0.1, 0.15) is 0 Å². The van der Waals surface area contributed by atoms with E-state index in [1.165, 1.54) is 22.3 Å². The first kappa shape index (κ1) is 16.0. The third-order valence-electron chi connectivity index (χ3n) is 4.45. The van der Waals surface area contributed by atoms with Crippen molar-refractivity contribution >= 4 is 21.5 Å². The van der Waals surface area contributed by atoms with Gasteiger partial charge in [-0.1, -0.05) is 70.6 Å². The topological polar surface area (TPSA) is 12.9 Å². The first-order valence-corrected chi connectivity index (χ1v) is 9.30. The average molecular weight is 388 g/mol. The summed E-state index contributed by atoms with van der Waals surface area (Å²) in [4.78, 5) is 4.51. The van der Waals surface area contributed by atoms with Crippen LogP contribution in [0, 0.1) is 0 Å². The molecule has 2 heteroatoms. The molecule has 0 N–H and O–H groups in total. The predicted octanol–water partition coefficient (Wildman–Crippen LogP) is 6.91. The monoisotopic (exact) mass is 387 g/mol. The highest BCUT2D eigenvalue weighted by atomic mass is 79.9. The smallest absolute Gasteiger partial charge is 0.0702 e. The van der Waals surface area contributed by atoms with E-state index < -0.39 is 0 Å². The van der Waals surface area contributed by atoms with E-state index in [-0.39, 0.29) is 0 Å². The molecule has 0 spiro atoms. The highest BCUT2D eigenvalue weighted by molar-refractivity contribution is 9.10. The SMILES string of the molecule is Brc1ccccc1-c1ccc(-c2ccccn2)cc1C1=CCCC=C1. The van der Waals surface area contributed by atoms with Crippen LogP contribution < -0.4 is 0 Å². The zero-order valence-electron chi connectivity index (χ0n) is 13.8. The minimum atomic E-state index is 1.00. The Morgan fingerprint density at radius 2 is 1.68 bits per heavy atom. The fourth-order valence-corrected chi connectivity index (χ4v) is 3.70. The highest BCUT2D eigenvalue weighted by Crippen LogP contribution is 2.37. The zero-order valence-corrected chi connectivity index (χ0v) is 15.4. The van der Waals surface area contributed by atoms with Crippen molar-refractivity contribution in [1.82, 2.24) is 4.98 Å². The van der Waals surface area contributed by atoms with E-state index in [2.05, 4.69) is 87.7 Å². The summed E-state index contributed by atoms with van der Waals surface area (Å²) >= 11 is 3.70. The number of nitrogens with zero attached hydrogens (tertiary/aromatic N) is 1. The van der Waals surface area contributed by atoms with E-state index in [9.17, 15) is 0 Å². The van der Waals surface area contributed by atoms with Crippen LogP contribution in [0.1, 0.15) is 18.4 Å². The maximum atomic E-state index is 4.51. The van der Waals surface area contributed by atoms with Gasteiger partial charge in [-0.2, -0.15) is 0 Å². The summed E-state index contributed by atoms with van der Waals surface area (Å²) in [5.74, 6) is 0. The standard InChI is InChI=1S/C23H18BrN/c24-22-11-5-4-10-20(22)19-14-13-18(23-12-6-7-15-25-23)16-21(19)17-8-2-1-3-9-17/h2,4-16H,1,3H2. The van der Waals surface area contributed by atoms with Crippen LogP contribution in [0.4, 0.5) is 0 Å². The van der Waals surface area contributed by atoms with Crippen LogP contribution in [0.5, 0.6) is 0 Å². The summed E-state index contributed by atoms with van der Waals surface area (Å²) in [5.41, 5.74) is 7.14. The van der Waals surface area contributed by atoms with Crippen molar-refractivity contribution in [2.45, 2.75) is 12.8 Å². The van der Waals surface area contributed by atoms with Crippen molar-refractivity contribution in [1.29, 1.82) is 0 Å². The van der Waals surface area contributed by atoms with E-state index in [4.69, 9.17) is 0 Å². The molecule has 1 heterocycles. The molecule has 0 bridgehead atoms. The van der Waals surface area contributed by atoms with Crippen molar-refractivity contribution in [2.24, 2.45) is 0 Å². The average Bonchev–Trinajstić information content (AvgIpc) is 2.69. The van der Waals surface area contributed by atoms with Crippen molar-refractivity contribution in [3.05, 3.63) is 95.1 Å². The van der Waals surface area contributed by atoms with E-state index in [0.29, 0.717) is 0 Å². The van der Waals surface area contributed by atoms with E-state index >= 15 is 0 Å². The van der Waals surface area contributed by atoms with Gasteiger partial charge in [0.05, 0.1) is 5.69 Å². The number of halogens is 1. The summed E-state index contributed by atoms with van der Waals surface area (Å²) in [6.45, 7) is 0. The molecular formula is C23H18BrN. The molecule has 0 radical (unpaired) electrons. The lowest BCUT2D eigenvalue weighted by Gasteiger charge is -2.16. The Morgan fingerprint density at radius 3 is 2.44 bits per heavy atom. The van der Waals surface area contributed by atoms with Crippen LogP contribution in [-0.4, -0.2) is 4.98 Å². The van der Waals surface area contributed by atoms with Crippen LogP contribution in [0.3, 0.4) is 0 Å². The number of aromatic nitrogens is 1. The quantitative estimate of drug-likeness (QED) is 0.475. The summed E-state index contributed by atoms with van der Waals surface area (Å²) in [6.07, 6.45) is 10.9. The maximum Gasteiger partial charge on any atom is 0.0702 e. The largest absolute Gasteiger partial charge is 0.256 e. The van der Waals surface area contributed by atoms with Crippen molar-refractivity contribution in [3.63, 3.8) is 0 Å². The molecule has 0 atom stereocenters. The Hall–Kier alpha value is -2.45. The first-order valence-electron chi connectivity index (χ1n) is 8.50. The van der Waals surface area contributed by atoms with Crippen LogP contribution in [-0.2, 0) is 0 Å². The number of benzene rings is 2. The van der Waals surface area contributed by atoms with Gasteiger partial charge >= 0.3 is 0 Å². The molecule has 1 aromatic heterocycles. The van der Waals surface area contributed by atoms with Gasteiger partial charge in [0, 0.05) is 16.2 Å². The molecule has 0 unspecified atom stereocenters. The summed E-state index contributed by atoms with van der Waals surface area (Å²) in [5, 5.41) is 0. The van der Waals surface area contributed by atoms with Gasteiger partial charge in [0.2, 0.25) is 0 Å². The van der Waals surface area contributed by atoms with Gasteiger partial charge < -0.3 is 0 Å². The maximum absolute atomic E-state index is 4.51. The van der Waals surface area contributed by atoms with Crippen LogP contribution in [0.25, 0.3) is 28.0 Å². The summed E-state index contributed by atoms with van der Waals surface area (Å²) < 4.78 is 1.11. The molecule has 2 aromatic carbocycles. The number of rotatable bonds is 3. The number of pyridine rings is 1. The van der Waals surface area contributed by atoms with Crippen molar-refractivity contribution in [2.75, 3.05) is 0 Å². The minimum absolute atomic E-state index is 1.00.